The number of amides is 1. The fourth-order valence-corrected chi connectivity index (χ4v) is 4.65. The molecule has 3 aliphatic rings. The Balaban J connectivity index is 1.35. The monoisotopic (exact) mass is 343 g/mol. The van der Waals surface area contributed by atoms with Crippen molar-refractivity contribution in [3.8, 4) is 0 Å². The number of piperidine rings is 1. The minimum atomic E-state index is -0.0724. The molecule has 3 N–H and O–H groups in total. The highest BCUT2D eigenvalue weighted by molar-refractivity contribution is 5.82. The van der Waals surface area contributed by atoms with Gasteiger partial charge in [0.2, 0.25) is 5.91 Å². The first-order chi connectivity index (χ1) is 12.2. The molecule has 2 fully saturated rings. The van der Waals surface area contributed by atoms with E-state index in [1.807, 2.05) is 0 Å². The normalized spacial score (nSPS) is 24.9. The Labute approximate surface area is 149 Å². The summed E-state index contributed by atoms with van der Waals surface area (Å²) in [5, 5.41) is 9.90. The Morgan fingerprint density at radius 2 is 2.04 bits per heavy atom. The number of aromatic nitrogens is 2. The van der Waals surface area contributed by atoms with E-state index in [0.717, 1.165) is 63.3 Å². The lowest BCUT2D eigenvalue weighted by atomic mass is 9.77. The van der Waals surface area contributed by atoms with Gasteiger partial charge in [0.1, 0.15) is 5.82 Å². The van der Waals surface area contributed by atoms with Crippen LogP contribution in [-0.2, 0) is 24.2 Å². The van der Waals surface area contributed by atoms with E-state index in [-0.39, 0.29) is 11.9 Å². The second-order valence-electron chi connectivity index (χ2n) is 7.96. The standard InChI is InChI=1S/C19H29N5O/c1-13-14-4-2-3-5-15(14)24-17(23-13)11-21-18(25)16-10-19(12-22-16)6-8-20-9-7-19/h16,20,22H,2-12H2,1H3,(H,21,25)/t16-/m0/s1. The van der Waals surface area contributed by atoms with Crippen LogP contribution < -0.4 is 16.0 Å². The van der Waals surface area contributed by atoms with E-state index in [1.54, 1.807) is 0 Å². The smallest absolute Gasteiger partial charge is 0.237 e. The first kappa shape index (κ1) is 16.9. The summed E-state index contributed by atoms with van der Waals surface area (Å²) in [4.78, 5) is 21.9. The molecule has 2 saturated heterocycles. The number of aryl methyl sites for hydroxylation is 2. The van der Waals surface area contributed by atoms with Crippen molar-refractivity contribution >= 4 is 5.91 Å². The van der Waals surface area contributed by atoms with Gasteiger partial charge in [0.15, 0.2) is 0 Å². The number of nitrogens with one attached hydrogen (secondary N) is 3. The van der Waals surface area contributed by atoms with Crippen molar-refractivity contribution in [1.29, 1.82) is 0 Å². The van der Waals surface area contributed by atoms with Crippen LogP contribution in [0.1, 0.15) is 54.9 Å². The zero-order valence-electron chi connectivity index (χ0n) is 15.2. The Morgan fingerprint density at radius 3 is 2.88 bits per heavy atom. The third kappa shape index (κ3) is 3.55. The maximum atomic E-state index is 12.6. The third-order valence-corrected chi connectivity index (χ3v) is 6.20. The largest absolute Gasteiger partial charge is 0.347 e. The van der Waals surface area contributed by atoms with E-state index >= 15 is 0 Å². The van der Waals surface area contributed by atoms with Crippen molar-refractivity contribution in [3.05, 3.63) is 22.8 Å². The molecule has 6 heteroatoms. The second kappa shape index (κ2) is 7.00. The Hall–Kier alpha value is -1.53. The number of rotatable bonds is 3. The van der Waals surface area contributed by atoms with E-state index in [4.69, 9.17) is 4.98 Å². The Bertz CT molecular complexity index is 653. The summed E-state index contributed by atoms with van der Waals surface area (Å²) in [6.45, 7) is 5.59. The van der Waals surface area contributed by atoms with Gasteiger partial charge in [-0.15, -0.1) is 0 Å². The maximum Gasteiger partial charge on any atom is 0.237 e. The highest BCUT2D eigenvalue weighted by Crippen LogP contribution is 2.37. The summed E-state index contributed by atoms with van der Waals surface area (Å²) in [6.07, 6.45) is 7.85. The number of carbonyl (C=O) groups is 1. The molecule has 1 amide bonds. The van der Waals surface area contributed by atoms with Crippen LogP contribution in [0.4, 0.5) is 0 Å². The van der Waals surface area contributed by atoms with Gasteiger partial charge in [-0.3, -0.25) is 4.79 Å². The number of nitrogens with zero attached hydrogens (tertiary/aromatic N) is 2. The van der Waals surface area contributed by atoms with Crippen LogP contribution in [0.2, 0.25) is 0 Å². The molecular formula is C19H29N5O. The minimum Gasteiger partial charge on any atom is -0.347 e. The lowest BCUT2D eigenvalue weighted by Crippen LogP contribution is -2.40. The summed E-state index contributed by atoms with van der Waals surface area (Å²) in [5.74, 6) is 0.843. The minimum absolute atomic E-state index is 0.0724. The topological polar surface area (TPSA) is 78.9 Å². The van der Waals surface area contributed by atoms with Crippen molar-refractivity contribution in [1.82, 2.24) is 25.9 Å². The van der Waals surface area contributed by atoms with Crippen LogP contribution in [0.3, 0.4) is 0 Å². The first-order valence-electron chi connectivity index (χ1n) is 9.72. The van der Waals surface area contributed by atoms with Gasteiger partial charge in [-0.05, 0) is 75.9 Å². The van der Waals surface area contributed by atoms with Gasteiger partial charge in [-0.2, -0.15) is 0 Å². The molecule has 1 aliphatic carbocycles. The molecule has 0 aromatic carbocycles. The molecule has 1 aromatic heterocycles. The fourth-order valence-electron chi connectivity index (χ4n) is 4.65. The predicted octanol–water partition coefficient (Wildman–Crippen LogP) is 1.01. The fraction of sp³-hybridized carbons (Fsp3) is 0.737. The Morgan fingerprint density at radius 1 is 1.24 bits per heavy atom. The number of fused-ring (bicyclic) bond motifs is 1. The van der Waals surface area contributed by atoms with Crippen molar-refractivity contribution in [2.75, 3.05) is 19.6 Å². The molecule has 2 aliphatic heterocycles. The molecule has 6 nitrogen and oxygen atoms in total. The van der Waals surface area contributed by atoms with Crippen molar-refractivity contribution in [3.63, 3.8) is 0 Å². The SMILES string of the molecule is Cc1nc(CNC(=O)[C@@H]2CC3(CCNCC3)CN2)nc2c1CCCC2. The molecular weight excluding hydrogens is 314 g/mol. The van der Waals surface area contributed by atoms with E-state index < -0.39 is 0 Å². The summed E-state index contributed by atoms with van der Waals surface area (Å²) in [6, 6.07) is -0.0724. The van der Waals surface area contributed by atoms with Gasteiger partial charge in [-0.25, -0.2) is 9.97 Å². The zero-order valence-corrected chi connectivity index (χ0v) is 15.2. The molecule has 1 atom stereocenters. The molecule has 136 valence electrons. The highest BCUT2D eigenvalue weighted by atomic mass is 16.2. The highest BCUT2D eigenvalue weighted by Gasteiger charge is 2.42. The number of hydrogen-bond donors (Lipinski definition) is 3. The lowest BCUT2D eigenvalue weighted by molar-refractivity contribution is -0.123. The van der Waals surface area contributed by atoms with E-state index in [0.29, 0.717) is 12.0 Å². The molecule has 3 heterocycles. The molecule has 1 spiro atoms. The van der Waals surface area contributed by atoms with Crippen molar-refractivity contribution in [2.24, 2.45) is 5.41 Å². The van der Waals surface area contributed by atoms with E-state index in [9.17, 15) is 4.79 Å². The molecule has 25 heavy (non-hydrogen) atoms. The van der Waals surface area contributed by atoms with E-state index in [1.165, 1.54) is 24.1 Å². The summed E-state index contributed by atoms with van der Waals surface area (Å²) in [7, 11) is 0. The second-order valence-corrected chi connectivity index (χ2v) is 7.96. The maximum absolute atomic E-state index is 12.6. The Kier molecular flexibility index (Phi) is 4.73. The van der Waals surface area contributed by atoms with Crippen LogP contribution in [0.15, 0.2) is 0 Å². The molecule has 0 radical (unpaired) electrons. The lowest BCUT2D eigenvalue weighted by Gasteiger charge is -2.33. The molecule has 4 rings (SSSR count). The quantitative estimate of drug-likeness (QED) is 0.763. The molecule has 1 aromatic rings. The number of hydrogen-bond acceptors (Lipinski definition) is 5. The van der Waals surface area contributed by atoms with Gasteiger partial charge in [-0.1, -0.05) is 0 Å². The number of carbonyl (C=O) groups excluding carboxylic acids is 1. The third-order valence-electron chi connectivity index (χ3n) is 6.20. The van der Waals surface area contributed by atoms with Crippen LogP contribution in [0.25, 0.3) is 0 Å². The summed E-state index contributed by atoms with van der Waals surface area (Å²) >= 11 is 0. The van der Waals surface area contributed by atoms with Gasteiger partial charge in [0, 0.05) is 17.9 Å². The predicted molar refractivity (Wildman–Crippen MR) is 96.2 cm³/mol. The first-order valence-corrected chi connectivity index (χ1v) is 9.72. The van der Waals surface area contributed by atoms with Gasteiger partial charge >= 0.3 is 0 Å². The van der Waals surface area contributed by atoms with Crippen molar-refractivity contribution < 1.29 is 4.79 Å². The van der Waals surface area contributed by atoms with Gasteiger partial charge < -0.3 is 16.0 Å². The molecule has 0 bridgehead atoms. The summed E-state index contributed by atoms with van der Waals surface area (Å²) in [5.41, 5.74) is 3.91. The molecule has 0 saturated carbocycles. The van der Waals surface area contributed by atoms with Crippen LogP contribution in [0, 0.1) is 12.3 Å². The van der Waals surface area contributed by atoms with Crippen LogP contribution >= 0.6 is 0 Å². The van der Waals surface area contributed by atoms with Crippen LogP contribution in [0.5, 0.6) is 0 Å². The van der Waals surface area contributed by atoms with Gasteiger partial charge in [0.05, 0.1) is 12.6 Å². The average molecular weight is 343 g/mol. The molecule has 0 unspecified atom stereocenters. The van der Waals surface area contributed by atoms with E-state index in [2.05, 4.69) is 27.9 Å². The summed E-state index contributed by atoms with van der Waals surface area (Å²) < 4.78 is 0. The van der Waals surface area contributed by atoms with Crippen molar-refractivity contribution in [2.45, 2.75) is 64.5 Å². The zero-order chi connectivity index (χ0) is 17.3. The van der Waals surface area contributed by atoms with Gasteiger partial charge in [0.25, 0.3) is 0 Å². The average Bonchev–Trinajstić information content (AvgIpc) is 3.04. The van der Waals surface area contributed by atoms with Crippen LogP contribution in [-0.4, -0.2) is 41.6 Å².